The number of hydrogen-bond donors (Lipinski definition) is 0. The van der Waals surface area contributed by atoms with Crippen LogP contribution in [0.15, 0.2) is 12.1 Å². The second-order valence-electron chi connectivity index (χ2n) is 5.44. The highest BCUT2D eigenvalue weighted by Crippen LogP contribution is 2.32. The molecule has 5 nitrogen and oxygen atoms in total. The van der Waals surface area contributed by atoms with Crippen molar-refractivity contribution in [3.63, 3.8) is 0 Å². The first-order valence-corrected chi connectivity index (χ1v) is 7.31. The van der Waals surface area contributed by atoms with Crippen molar-refractivity contribution in [1.82, 2.24) is 9.88 Å². The van der Waals surface area contributed by atoms with Crippen molar-refractivity contribution >= 4 is 12.2 Å². The Balaban J connectivity index is 1.81. The number of carbonyl (C=O) groups is 1. The van der Waals surface area contributed by atoms with Gasteiger partial charge in [-0.3, -0.25) is 4.79 Å². The van der Waals surface area contributed by atoms with Gasteiger partial charge in [0.1, 0.15) is 5.82 Å². The molecule has 0 aromatic carbocycles. The van der Waals surface area contributed by atoms with Crippen LogP contribution in [0.3, 0.4) is 0 Å². The van der Waals surface area contributed by atoms with E-state index in [2.05, 4.69) is 17.0 Å². The fraction of sp³-hybridized carbons (Fsp3) is 0.600. The lowest BCUT2D eigenvalue weighted by atomic mass is 10.0. The number of aryl methyl sites for hydroxylation is 1. The van der Waals surface area contributed by atoms with Gasteiger partial charge >= 0.3 is 0 Å². The maximum absolute atomic E-state index is 11.1. The number of rotatable bonds is 3. The third kappa shape index (κ3) is 2.50. The summed E-state index contributed by atoms with van der Waals surface area (Å²) in [5.41, 5.74) is 2.22. The lowest BCUT2D eigenvalue weighted by Gasteiger charge is -2.29. The Morgan fingerprint density at radius 2 is 2.10 bits per heavy atom. The van der Waals surface area contributed by atoms with E-state index in [1.54, 1.807) is 0 Å². The number of ether oxygens (including phenoxy) is 1. The van der Waals surface area contributed by atoms with Crippen molar-refractivity contribution in [2.24, 2.45) is 0 Å². The first-order chi connectivity index (χ1) is 9.79. The van der Waals surface area contributed by atoms with Crippen molar-refractivity contribution in [1.29, 1.82) is 0 Å². The minimum Gasteiger partial charge on any atom is -0.378 e. The number of carbonyl (C=O) groups excluding carboxylic acids is 1. The largest absolute Gasteiger partial charge is 0.378 e. The number of hydrogen-bond acceptors (Lipinski definition) is 4. The molecule has 2 fully saturated rings. The van der Waals surface area contributed by atoms with E-state index in [9.17, 15) is 4.79 Å². The normalized spacial score (nSPS) is 23.1. The van der Waals surface area contributed by atoms with E-state index in [1.807, 2.05) is 11.8 Å². The average Bonchev–Trinajstić information content (AvgIpc) is 2.96. The highest BCUT2D eigenvalue weighted by Gasteiger charge is 2.26. The van der Waals surface area contributed by atoms with Crippen LogP contribution in [0.4, 0.5) is 5.82 Å². The van der Waals surface area contributed by atoms with Crippen molar-refractivity contribution in [3.05, 3.63) is 23.4 Å². The van der Waals surface area contributed by atoms with Crippen LogP contribution < -0.4 is 4.90 Å². The van der Waals surface area contributed by atoms with E-state index < -0.39 is 0 Å². The fourth-order valence-corrected chi connectivity index (χ4v) is 3.13. The van der Waals surface area contributed by atoms with Crippen LogP contribution in [0.25, 0.3) is 0 Å². The SMILES string of the molecule is Cc1nc(N2CCOCC2)ccc1[C@H]1CCCN1C=O. The van der Waals surface area contributed by atoms with Gasteiger partial charge < -0.3 is 14.5 Å². The van der Waals surface area contributed by atoms with Gasteiger partial charge in [-0.15, -0.1) is 0 Å². The monoisotopic (exact) mass is 275 g/mol. The van der Waals surface area contributed by atoms with Gasteiger partial charge in [-0.25, -0.2) is 4.98 Å². The van der Waals surface area contributed by atoms with E-state index in [1.165, 1.54) is 5.56 Å². The highest BCUT2D eigenvalue weighted by molar-refractivity contribution is 5.51. The molecule has 1 atom stereocenters. The first kappa shape index (κ1) is 13.4. The summed E-state index contributed by atoms with van der Waals surface area (Å²) in [5.74, 6) is 1.02. The van der Waals surface area contributed by atoms with Gasteiger partial charge in [-0.2, -0.15) is 0 Å². The lowest BCUT2D eigenvalue weighted by molar-refractivity contribution is -0.118. The molecule has 0 saturated carbocycles. The second kappa shape index (κ2) is 5.79. The van der Waals surface area contributed by atoms with Crippen LogP contribution in [-0.4, -0.2) is 49.1 Å². The van der Waals surface area contributed by atoms with Gasteiger partial charge in [0.2, 0.25) is 6.41 Å². The van der Waals surface area contributed by atoms with Crippen molar-refractivity contribution in [2.75, 3.05) is 37.7 Å². The molecule has 1 aromatic rings. The van der Waals surface area contributed by atoms with Gasteiger partial charge in [0.25, 0.3) is 0 Å². The molecule has 108 valence electrons. The summed E-state index contributed by atoms with van der Waals surface area (Å²) in [6.45, 7) is 6.23. The zero-order valence-electron chi connectivity index (χ0n) is 11.9. The summed E-state index contributed by atoms with van der Waals surface area (Å²) in [7, 11) is 0. The van der Waals surface area contributed by atoms with Gasteiger partial charge in [-0.05, 0) is 31.4 Å². The fourth-order valence-electron chi connectivity index (χ4n) is 3.13. The molecule has 3 heterocycles. The molecule has 2 aliphatic rings. The molecule has 1 amide bonds. The van der Waals surface area contributed by atoms with Crippen molar-refractivity contribution in [3.8, 4) is 0 Å². The van der Waals surface area contributed by atoms with Crippen LogP contribution in [0.5, 0.6) is 0 Å². The second-order valence-corrected chi connectivity index (χ2v) is 5.44. The van der Waals surface area contributed by atoms with Gasteiger partial charge in [0.05, 0.1) is 19.3 Å². The van der Waals surface area contributed by atoms with E-state index in [4.69, 9.17) is 9.72 Å². The molecule has 0 N–H and O–H groups in total. The number of amides is 1. The molecule has 0 aliphatic carbocycles. The van der Waals surface area contributed by atoms with E-state index >= 15 is 0 Å². The Hall–Kier alpha value is -1.62. The third-order valence-corrected chi connectivity index (χ3v) is 4.24. The molecule has 3 rings (SSSR count). The predicted molar refractivity (Wildman–Crippen MR) is 76.8 cm³/mol. The van der Waals surface area contributed by atoms with E-state index in [0.717, 1.165) is 63.6 Å². The van der Waals surface area contributed by atoms with E-state index in [0.29, 0.717) is 0 Å². The molecular formula is C15H21N3O2. The number of pyridine rings is 1. The molecule has 0 bridgehead atoms. The molecule has 0 spiro atoms. The summed E-state index contributed by atoms with van der Waals surface area (Å²) >= 11 is 0. The zero-order chi connectivity index (χ0) is 13.9. The number of anilines is 1. The minimum atomic E-state index is 0.207. The Bertz CT molecular complexity index is 486. The average molecular weight is 275 g/mol. The molecule has 0 unspecified atom stereocenters. The highest BCUT2D eigenvalue weighted by atomic mass is 16.5. The van der Waals surface area contributed by atoms with Gasteiger partial charge in [0.15, 0.2) is 0 Å². The van der Waals surface area contributed by atoms with Crippen molar-refractivity contribution < 1.29 is 9.53 Å². The van der Waals surface area contributed by atoms with Gasteiger partial charge in [0, 0.05) is 25.3 Å². The summed E-state index contributed by atoms with van der Waals surface area (Å²) in [5, 5.41) is 0. The molecule has 1 aromatic heterocycles. The topological polar surface area (TPSA) is 45.7 Å². The Labute approximate surface area is 119 Å². The number of nitrogens with zero attached hydrogens (tertiary/aromatic N) is 3. The van der Waals surface area contributed by atoms with E-state index in [-0.39, 0.29) is 6.04 Å². The minimum absolute atomic E-state index is 0.207. The van der Waals surface area contributed by atoms with Crippen LogP contribution in [-0.2, 0) is 9.53 Å². The number of aromatic nitrogens is 1. The molecule has 2 saturated heterocycles. The van der Waals surface area contributed by atoms with Crippen molar-refractivity contribution in [2.45, 2.75) is 25.8 Å². The predicted octanol–water partition coefficient (Wildman–Crippen LogP) is 1.52. The summed E-state index contributed by atoms with van der Waals surface area (Å²) < 4.78 is 5.37. The smallest absolute Gasteiger partial charge is 0.210 e. The molecular weight excluding hydrogens is 254 g/mol. The van der Waals surface area contributed by atoms with Gasteiger partial charge in [-0.1, -0.05) is 6.07 Å². The Morgan fingerprint density at radius 1 is 1.30 bits per heavy atom. The molecule has 0 radical (unpaired) electrons. The van der Waals surface area contributed by atoms with Crippen LogP contribution in [0.1, 0.15) is 30.1 Å². The standard InChI is InChI=1S/C15H21N3O2/c1-12-13(14-3-2-6-18(14)11-19)4-5-15(16-12)17-7-9-20-10-8-17/h4-5,11,14H,2-3,6-10H2,1H3/t14-/m1/s1. The zero-order valence-corrected chi connectivity index (χ0v) is 11.9. The quantitative estimate of drug-likeness (QED) is 0.785. The maximum atomic E-state index is 11.1. The van der Waals surface area contributed by atoms with Crippen LogP contribution in [0.2, 0.25) is 0 Å². The first-order valence-electron chi connectivity index (χ1n) is 7.31. The molecule has 2 aliphatic heterocycles. The Morgan fingerprint density at radius 3 is 2.80 bits per heavy atom. The number of likely N-dealkylation sites (tertiary alicyclic amines) is 1. The Kier molecular flexibility index (Phi) is 3.87. The summed E-state index contributed by atoms with van der Waals surface area (Å²) in [6, 6.07) is 4.42. The molecule has 5 heteroatoms. The summed E-state index contributed by atoms with van der Waals surface area (Å²) in [4.78, 5) is 20.0. The molecule has 20 heavy (non-hydrogen) atoms. The summed E-state index contributed by atoms with van der Waals surface area (Å²) in [6.07, 6.45) is 3.08. The lowest BCUT2D eigenvalue weighted by Crippen LogP contribution is -2.36. The maximum Gasteiger partial charge on any atom is 0.210 e. The third-order valence-electron chi connectivity index (χ3n) is 4.24. The van der Waals surface area contributed by atoms with Crippen LogP contribution >= 0.6 is 0 Å². The number of morpholine rings is 1. The van der Waals surface area contributed by atoms with Crippen LogP contribution in [0, 0.1) is 6.92 Å².